The van der Waals surface area contributed by atoms with Gasteiger partial charge in [0.25, 0.3) is 5.56 Å². The van der Waals surface area contributed by atoms with Crippen molar-refractivity contribution in [2.24, 2.45) is 0 Å². The number of anilines is 1. The fourth-order valence-corrected chi connectivity index (χ4v) is 6.17. The Kier molecular flexibility index (Phi) is 4.75. The second kappa shape index (κ2) is 7.42. The van der Waals surface area contributed by atoms with Crippen molar-refractivity contribution < 1.29 is 0 Å². The van der Waals surface area contributed by atoms with Crippen molar-refractivity contribution in [1.29, 1.82) is 0 Å². The highest BCUT2D eigenvalue weighted by Crippen LogP contribution is 2.38. The van der Waals surface area contributed by atoms with Crippen LogP contribution in [0.3, 0.4) is 0 Å². The number of thiophene rings is 1. The number of fused-ring (bicyclic) bond motifs is 4. The maximum absolute atomic E-state index is 12.8. The van der Waals surface area contributed by atoms with Gasteiger partial charge in [0, 0.05) is 11.4 Å². The summed E-state index contributed by atoms with van der Waals surface area (Å²) in [6, 6.07) is 7.46. The van der Waals surface area contributed by atoms with Gasteiger partial charge in [-0.05, 0) is 50.3 Å². The van der Waals surface area contributed by atoms with Gasteiger partial charge in [0.15, 0.2) is 5.16 Å². The maximum atomic E-state index is 12.8. The standard InChI is InChI=1S/C21H21N5OS2/c1-2-26-20(27)12-7-3-5-9-14(12)23-21(26)28-11-16-24-18(22)17-13-8-4-6-10-15(13)29-19(17)25-16/h3,5,7,9H,2,4,6,8,10-11H2,1H3,(H2,22,24,25). The Labute approximate surface area is 176 Å². The molecule has 0 unspecified atom stereocenters. The molecule has 5 rings (SSSR count). The quantitative estimate of drug-likeness (QED) is 0.391. The summed E-state index contributed by atoms with van der Waals surface area (Å²) in [7, 11) is 0. The number of benzene rings is 1. The topological polar surface area (TPSA) is 86.7 Å². The van der Waals surface area contributed by atoms with Gasteiger partial charge in [-0.15, -0.1) is 11.3 Å². The van der Waals surface area contributed by atoms with Crippen LogP contribution < -0.4 is 11.3 Å². The zero-order valence-electron chi connectivity index (χ0n) is 16.1. The SMILES string of the molecule is CCn1c(SCc2nc(N)c3c4c(sc3n2)CCCC4)nc2ccccc2c1=O. The lowest BCUT2D eigenvalue weighted by atomic mass is 9.97. The Morgan fingerprint density at radius 2 is 2.00 bits per heavy atom. The highest BCUT2D eigenvalue weighted by atomic mass is 32.2. The molecular weight excluding hydrogens is 402 g/mol. The van der Waals surface area contributed by atoms with E-state index in [2.05, 4.69) is 4.98 Å². The molecule has 8 heteroatoms. The van der Waals surface area contributed by atoms with Crippen LogP contribution >= 0.6 is 23.1 Å². The molecule has 0 amide bonds. The summed E-state index contributed by atoms with van der Waals surface area (Å²) < 4.78 is 1.71. The van der Waals surface area contributed by atoms with Crippen molar-refractivity contribution in [1.82, 2.24) is 19.5 Å². The molecule has 6 nitrogen and oxygen atoms in total. The average molecular weight is 424 g/mol. The Balaban J connectivity index is 1.50. The Hall–Kier alpha value is -2.45. The molecular formula is C21H21N5OS2. The van der Waals surface area contributed by atoms with E-state index in [0.717, 1.165) is 23.1 Å². The average Bonchev–Trinajstić information content (AvgIpc) is 3.11. The van der Waals surface area contributed by atoms with Gasteiger partial charge in [0.1, 0.15) is 16.5 Å². The smallest absolute Gasteiger partial charge is 0.262 e. The van der Waals surface area contributed by atoms with Gasteiger partial charge in [-0.25, -0.2) is 15.0 Å². The number of nitrogens with zero attached hydrogens (tertiary/aromatic N) is 4. The molecule has 1 aliphatic rings. The van der Waals surface area contributed by atoms with E-state index < -0.39 is 0 Å². The summed E-state index contributed by atoms with van der Waals surface area (Å²) in [6.45, 7) is 2.53. The lowest BCUT2D eigenvalue weighted by Crippen LogP contribution is -2.22. The van der Waals surface area contributed by atoms with Gasteiger partial charge in [0.2, 0.25) is 0 Å². The van der Waals surface area contributed by atoms with Crippen molar-refractivity contribution in [2.75, 3.05) is 5.73 Å². The van der Waals surface area contributed by atoms with E-state index in [9.17, 15) is 4.79 Å². The van der Waals surface area contributed by atoms with Gasteiger partial charge < -0.3 is 5.73 Å². The number of nitrogens with two attached hydrogens (primary N) is 1. The van der Waals surface area contributed by atoms with E-state index in [-0.39, 0.29) is 5.56 Å². The third-order valence-electron chi connectivity index (χ3n) is 5.36. The Morgan fingerprint density at radius 3 is 2.86 bits per heavy atom. The fraction of sp³-hybridized carbons (Fsp3) is 0.333. The third-order valence-corrected chi connectivity index (χ3v) is 7.52. The minimum absolute atomic E-state index is 0.0117. The van der Waals surface area contributed by atoms with Crippen molar-refractivity contribution in [3.05, 3.63) is 50.9 Å². The third kappa shape index (κ3) is 3.20. The van der Waals surface area contributed by atoms with Gasteiger partial charge in [-0.1, -0.05) is 23.9 Å². The molecule has 3 heterocycles. The molecule has 0 aliphatic heterocycles. The predicted molar refractivity (Wildman–Crippen MR) is 120 cm³/mol. The molecule has 1 aliphatic carbocycles. The number of thioether (sulfide) groups is 1. The van der Waals surface area contributed by atoms with Crippen molar-refractivity contribution in [3.63, 3.8) is 0 Å². The second-order valence-electron chi connectivity index (χ2n) is 7.17. The minimum atomic E-state index is -0.0117. The van der Waals surface area contributed by atoms with Crippen molar-refractivity contribution >= 4 is 50.0 Å². The number of hydrogen-bond donors (Lipinski definition) is 1. The van der Waals surface area contributed by atoms with E-state index in [4.69, 9.17) is 15.7 Å². The van der Waals surface area contributed by atoms with Crippen LogP contribution in [-0.2, 0) is 25.1 Å². The van der Waals surface area contributed by atoms with E-state index >= 15 is 0 Å². The van der Waals surface area contributed by atoms with E-state index in [1.165, 1.54) is 35.0 Å². The van der Waals surface area contributed by atoms with Crippen LogP contribution in [0.2, 0.25) is 0 Å². The summed E-state index contributed by atoms with van der Waals surface area (Å²) in [5, 5.41) is 2.38. The monoisotopic (exact) mass is 423 g/mol. The number of aryl methyl sites for hydroxylation is 2. The molecule has 29 heavy (non-hydrogen) atoms. The van der Waals surface area contributed by atoms with Crippen LogP contribution in [0.4, 0.5) is 5.82 Å². The molecule has 2 N–H and O–H groups in total. The molecule has 0 spiro atoms. The number of rotatable bonds is 4. The summed E-state index contributed by atoms with van der Waals surface area (Å²) >= 11 is 3.23. The number of para-hydroxylation sites is 1. The highest BCUT2D eigenvalue weighted by Gasteiger charge is 2.20. The first kappa shape index (κ1) is 18.6. The molecule has 0 atom stereocenters. The van der Waals surface area contributed by atoms with Gasteiger partial charge >= 0.3 is 0 Å². The molecule has 0 fully saturated rings. The molecule has 0 saturated carbocycles. The zero-order chi connectivity index (χ0) is 20.0. The van der Waals surface area contributed by atoms with Crippen LogP contribution in [-0.4, -0.2) is 19.5 Å². The minimum Gasteiger partial charge on any atom is -0.383 e. The van der Waals surface area contributed by atoms with Gasteiger partial charge in [0.05, 0.1) is 22.0 Å². The van der Waals surface area contributed by atoms with Crippen molar-refractivity contribution in [2.45, 2.75) is 50.1 Å². The van der Waals surface area contributed by atoms with Crippen molar-refractivity contribution in [3.8, 4) is 0 Å². The van der Waals surface area contributed by atoms with Crippen LogP contribution in [0.1, 0.15) is 36.0 Å². The number of nitrogen functional groups attached to an aromatic ring is 1. The van der Waals surface area contributed by atoms with Gasteiger partial charge in [-0.2, -0.15) is 0 Å². The van der Waals surface area contributed by atoms with E-state index in [1.54, 1.807) is 15.9 Å². The predicted octanol–water partition coefficient (Wildman–Crippen LogP) is 4.17. The first-order chi connectivity index (χ1) is 14.2. The molecule has 0 bridgehead atoms. The highest BCUT2D eigenvalue weighted by molar-refractivity contribution is 7.98. The summed E-state index contributed by atoms with van der Waals surface area (Å²) in [4.78, 5) is 29.3. The lowest BCUT2D eigenvalue weighted by Gasteiger charge is -2.11. The number of aromatic nitrogens is 4. The van der Waals surface area contributed by atoms with E-state index in [0.29, 0.717) is 40.0 Å². The first-order valence-corrected chi connectivity index (χ1v) is 11.6. The van der Waals surface area contributed by atoms with Crippen LogP contribution in [0.25, 0.3) is 21.1 Å². The second-order valence-corrected chi connectivity index (χ2v) is 9.19. The number of hydrogen-bond acceptors (Lipinski definition) is 7. The molecule has 0 saturated heterocycles. The first-order valence-electron chi connectivity index (χ1n) is 9.84. The summed E-state index contributed by atoms with van der Waals surface area (Å²) in [5.74, 6) is 1.78. The molecule has 1 aromatic carbocycles. The maximum Gasteiger partial charge on any atom is 0.262 e. The Morgan fingerprint density at radius 1 is 1.17 bits per heavy atom. The van der Waals surface area contributed by atoms with E-state index in [1.807, 2.05) is 31.2 Å². The van der Waals surface area contributed by atoms with Crippen LogP contribution in [0, 0.1) is 0 Å². The molecule has 3 aromatic heterocycles. The molecule has 4 aromatic rings. The summed E-state index contributed by atoms with van der Waals surface area (Å²) in [6.07, 6.45) is 4.63. The normalized spacial score (nSPS) is 13.8. The fourth-order valence-electron chi connectivity index (χ4n) is 3.96. The summed E-state index contributed by atoms with van der Waals surface area (Å²) in [5.41, 5.74) is 8.38. The van der Waals surface area contributed by atoms with Gasteiger partial charge in [-0.3, -0.25) is 9.36 Å². The molecule has 148 valence electrons. The lowest BCUT2D eigenvalue weighted by molar-refractivity contribution is 0.634. The van der Waals surface area contributed by atoms with Crippen LogP contribution in [0.5, 0.6) is 0 Å². The Bertz CT molecular complexity index is 1290. The van der Waals surface area contributed by atoms with Crippen LogP contribution in [0.15, 0.2) is 34.2 Å². The largest absolute Gasteiger partial charge is 0.383 e. The molecule has 0 radical (unpaired) electrons. The zero-order valence-corrected chi connectivity index (χ0v) is 17.8.